The number of rotatable bonds is 5. The van der Waals surface area contributed by atoms with E-state index in [1.54, 1.807) is 0 Å². The lowest BCUT2D eigenvalue weighted by Crippen LogP contribution is -2.11. The Bertz CT molecular complexity index is 557. The molecule has 1 atom stereocenters. The maximum Gasteiger partial charge on any atom is 0.125 e. The monoisotopic (exact) mass is 257 g/mol. The molecule has 2 aromatic rings. The molecule has 3 nitrogen and oxygen atoms in total. The van der Waals surface area contributed by atoms with E-state index in [2.05, 4.69) is 6.92 Å². The second-order valence-corrected chi connectivity index (χ2v) is 5.03. The molecule has 1 aromatic carbocycles. The number of hydrogen-bond donors (Lipinski definition) is 1. The van der Waals surface area contributed by atoms with Crippen molar-refractivity contribution in [3.63, 3.8) is 0 Å². The van der Waals surface area contributed by atoms with Crippen molar-refractivity contribution >= 4 is 0 Å². The predicted octanol–water partition coefficient (Wildman–Crippen LogP) is 3.43. The van der Waals surface area contributed by atoms with E-state index in [-0.39, 0.29) is 6.04 Å². The molecule has 1 fully saturated rings. The van der Waals surface area contributed by atoms with Crippen LogP contribution < -0.4 is 10.5 Å². The van der Waals surface area contributed by atoms with Gasteiger partial charge in [-0.15, -0.1) is 0 Å². The van der Waals surface area contributed by atoms with E-state index in [4.69, 9.17) is 14.9 Å². The van der Waals surface area contributed by atoms with E-state index in [0.717, 1.165) is 42.1 Å². The highest BCUT2D eigenvalue weighted by molar-refractivity contribution is 5.34. The topological polar surface area (TPSA) is 48.4 Å². The molecule has 1 aromatic heterocycles. The summed E-state index contributed by atoms with van der Waals surface area (Å²) in [7, 11) is 0. The van der Waals surface area contributed by atoms with E-state index < -0.39 is 0 Å². The van der Waals surface area contributed by atoms with Crippen LogP contribution in [0.1, 0.15) is 42.9 Å². The lowest BCUT2D eigenvalue weighted by molar-refractivity contribution is 0.302. The average Bonchev–Trinajstić information content (AvgIpc) is 3.11. The molecule has 0 bridgehead atoms. The van der Waals surface area contributed by atoms with Crippen molar-refractivity contribution in [2.24, 2.45) is 5.73 Å². The highest BCUT2D eigenvalue weighted by Crippen LogP contribution is 2.29. The van der Waals surface area contributed by atoms with Crippen molar-refractivity contribution in [3.8, 4) is 5.75 Å². The van der Waals surface area contributed by atoms with Crippen molar-refractivity contribution < 1.29 is 9.15 Å². The minimum atomic E-state index is -0.233. The van der Waals surface area contributed by atoms with Crippen LogP contribution in [0.3, 0.4) is 0 Å². The fraction of sp³-hybridized carbons (Fsp3) is 0.375. The summed E-state index contributed by atoms with van der Waals surface area (Å²) in [6.45, 7) is 2.07. The summed E-state index contributed by atoms with van der Waals surface area (Å²) in [6, 6.07) is 11.7. The smallest absolute Gasteiger partial charge is 0.125 e. The van der Waals surface area contributed by atoms with E-state index in [9.17, 15) is 0 Å². The fourth-order valence-electron chi connectivity index (χ4n) is 2.08. The van der Waals surface area contributed by atoms with Gasteiger partial charge in [0, 0.05) is 6.42 Å². The Morgan fingerprint density at radius 3 is 2.84 bits per heavy atom. The lowest BCUT2D eigenvalue weighted by atomic mass is 10.1. The summed E-state index contributed by atoms with van der Waals surface area (Å²) in [5.41, 5.74) is 7.27. The van der Waals surface area contributed by atoms with Crippen LogP contribution in [0.2, 0.25) is 0 Å². The molecular weight excluding hydrogens is 238 g/mol. The number of nitrogens with two attached hydrogens (primary N) is 1. The molecule has 100 valence electrons. The van der Waals surface area contributed by atoms with Crippen LogP contribution in [0, 0.1) is 0 Å². The molecule has 1 unspecified atom stereocenters. The summed E-state index contributed by atoms with van der Waals surface area (Å²) in [4.78, 5) is 0. The van der Waals surface area contributed by atoms with Crippen LogP contribution in [0.25, 0.3) is 0 Å². The van der Waals surface area contributed by atoms with Crippen LogP contribution >= 0.6 is 0 Å². The van der Waals surface area contributed by atoms with Crippen LogP contribution in [-0.4, -0.2) is 6.10 Å². The number of hydrogen-bond acceptors (Lipinski definition) is 3. The first-order valence-corrected chi connectivity index (χ1v) is 6.87. The quantitative estimate of drug-likeness (QED) is 0.892. The van der Waals surface area contributed by atoms with Gasteiger partial charge >= 0.3 is 0 Å². The van der Waals surface area contributed by atoms with Crippen LogP contribution in [0.5, 0.6) is 5.75 Å². The second kappa shape index (κ2) is 5.10. The zero-order valence-electron chi connectivity index (χ0n) is 11.1. The highest BCUT2D eigenvalue weighted by atomic mass is 16.5. The molecule has 1 aliphatic rings. The van der Waals surface area contributed by atoms with Crippen LogP contribution in [0.15, 0.2) is 40.8 Å². The summed E-state index contributed by atoms with van der Waals surface area (Å²) < 4.78 is 11.5. The second-order valence-electron chi connectivity index (χ2n) is 5.03. The fourth-order valence-corrected chi connectivity index (χ4v) is 2.08. The van der Waals surface area contributed by atoms with Crippen molar-refractivity contribution in [2.75, 3.05) is 0 Å². The van der Waals surface area contributed by atoms with Gasteiger partial charge in [-0.1, -0.05) is 19.1 Å². The molecule has 3 rings (SSSR count). The van der Waals surface area contributed by atoms with Crippen molar-refractivity contribution in [3.05, 3.63) is 53.5 Å². The summed E-state index contributed by atoms with van der Waals surface area (Å²) in [6.07, 6.45) is 3.61. The van der Waals surface area contributed by atoms with Gasteiger partial charge in [0.15, 0.2) is 0 Å². The molecule has 19 heavy (non-hydrogen) atoms. The third-order valence-corrected chi connectivity index (χ3v) is 3.38. The van der Waals surface area contributed by atoms with Crippen molar-refractivity contribution in [1.82, 2.24) is 0 Å². The number of ether oxygens (including phenoxy) is 1. The molecule has 1 saturated carbocycles. The van der Waals surface area contributed by atoms with Gasteiger partial charge < -0.3 is 14.9 Å². The molecule has 0 saturated heterocycles. The first kappa shape index (κ1) is 12.3. The number of furan rings is 1. The molecule has 0 amide bonds. The zero-order valence-corrected chi connectivity index (χ0v) is 11.1. The minimum absolute atomic E-state index is 0.233. The SMILES string of the molecule is CCc1ccc(C(N)c2cccc(OC3CC3)c2)o1. The van der Waals surface area contributed by atoms with Crippen LogP contribution in [-0.2, 0) is 6.42 Å². The molecule has 1 heterocycles. The summed E-state index contributed by atoms with van der Waals surface area (Å²) in [5.74, 6) is 2.67. The van der Waals surface area contributed by atoms with Gasteiger partial charge in [-0.25, -0.2) is 0 Å². The minimum Gasteiger partial charge on any atom is -0.490 e. The Morgan fingerprint density at radius 2 is 2.16 bits per heavy atom. The average molecular weight is 257 g/mol. The molecule has 1 aliphatic carbocycles. The van der Waals surface area contributed by atoms with Crippen molar-refractivity contribution in [1.29, 1.82) is 0 Å². The largest absolute Gasteiger partial charge is 0.490 e. The van der Waals surface area contributed by atoms with Crippen molar-refractivity contribution in [2.45, 2.75) is 38.3 Å². The Balaban J connectivity index is 1.79. The maximum absolute atomic E-state index is 6.25. The van der Waals surface area contributed by atoms with E-state index in [1.807, 2.05) is 36.4 Å². The molecule has 0 radical (unpaired) electrons. The Kier molecular flexibility index (Phi) is 3.30. The summed E-state index contributed by atoms with van der Waals surface area (Å²) in [5, 5.41) is 0. The Morgan fingerprint density at radius 1 is 1.32 bits per heavy atom. The van der Waals surface area contributed by atoms with Gasteiger partial charge in [0.25, 0.3) is 0 Å². The zero-order chi connectivity index (χ0) is 13.2. The van der Waals surface area contributed by atoms with Gasteiger partial charge in [0.05, 0.1) is 12.1 Å². The number of benzene rings is 1. The molecule has 0 spiro atoms. The number of aryl methyl sites for hydroxylation is 1. The molecular formula is C16H19NO2. The van der Waals surface area contributed by atoms with Gasteiger partial charge in [0.2, 0.25) is 0 Å². The first-order valence-electron chi connectivity index (χ1n) is 6.87. The van der Waals surface area contributed by atoms with E-state index in [0.29, 0.717) is 6.10 Å². The predicted molar refractivity (Wildman–Crippen MR) is 74.2 cm³/mol. The standard InChI is InChI=1S/C16H19NO2/c1-2-12-8-9-15(19-12)16(17)11-4-3-5-14(10-11)18-13-6-7-13/h3-5,8-10,13,16H,2,6-7,17H2,1H3. The third kappa shape index (κ3) is 2.82. The van der Waals surface area contributed by atoms with Gasteiger partial charge in [-0.3, -0.25) is 0 Å². The van der Waals surface area contributed by atoms with Gasteiger partial charge in [-0.05, 0) is 42.7 Å². The maximum atomic E-state index is 6.25. The highest BCUT2D eigenvalue weighted by Gasteiger charge is 2.23. The third-order valence-electron chi connectivity index (χ3n) is 3.38. The summed E-state index contributed by atoms with van der Waals surface area (Å²) >= 11 is 0. The Hall–Kier alpha value is -1.74. The Labute approximate surface area is 113 Å². The first-order chi connectivity index (χ1) is 9.26. The van der Waals surface area contributed by atoms with Crippen LogP contribution in [0.4, 0.5) is 0 Å². The van der Waals surface area contributed by atoms with Gasteiger partial charge in [0.1, 0.15) is 17.3 Å². The van der Waals surface area contributed by atoms with E-state index >= 15 is 0 Å². The molecule has 3 heteroatoms. The molecule has 0 aliphatic heterocycles. The normalized spacial score (nSPS) is 16.3. The van der Waals surface area contributed by atoms with E-state index in [1.165, 1.54) is 0 Å². The molecule has 2 N–H and O–H groups in total. The lowest BCUT2D eigenvalue weighted by Gasteiger charge is -2.11. The van der Waals surface area contributed by atoms with Gasteiger partial charge in [-0.2, -0.15) is 0 Å².